The van der Waals surface area contributed by atoms with E-state index >= 15 is 0 Å². The van der Waals surface area contributed by atoms with E-state index in [9.17, 15) is 0 Å². The normalized spacial score (nSPS) is 10.7. The average Bonchev–Trinajstić information content (AvgIpc) is 2.54. The Labute approximate surface area is 95.5 Å². The third kappa shape index (κ3) is 1.46. The molecule has 0 saturated carbocycles. The second-order valence-electron chi connectivity index (χ2n) is 2.90. The van der Waals surface area contributed by atoms with E-state index < -0.39 is 0 Å². The Balaban J connectivity index is 2.81. The van der Waals surface area contributed by atoms with Crippen LogP contribution in [-0.2, 0) is 18.8 Å². The molecule has 0 unspecified atom stereocenters. The van der Waals surface area contributed by atoms with Crippen molar-refractivity contribution in [2.45, 2.75) is 13.3 Å². The SMILES string of the molecule is CCc1nc2ccc(Br)cn2c1N=S. The van der Waals surface area contributed by atoms with Crippen molar-refractivity contribution in [3.05, 3.63) is 28.5 Å². The van der Waals surface area contributed by atoms with Crippen molar-refractivity contribution >= 4 is 39.8 Å². The Kier molecular flexibility index (Phi) is 2.60. The number of rotatable bonds is 2. The molecule has 3 nitrogen and oxygen atoms in total. The Bertz CT molecular complexity index is 492. The molecule has 0 N–H and O–H groups in total. The van der Waals surface area contributed by atoms with Gasteiger partial charge in [0.05, 0.1) is 5.69 Å². The number of hydrogen-bond donors (Lipinski definition) is 0. The summed E-state index contributed by atoms with van der Waals surface area (Å²) in [5.74, 6) is 0.763. The molecular formula is C9H8BrN3S. The van der Waals surface area contributed by atoms with E-state index in [2.05, 4.69) is 25.3 Å². The molecule has 5 heteroatoms. The van der Waals surface area contributed by atoms with E-state index in [4.69, 9.17) is 12.4 Å². The lowest BCUT2D eigenvalue weighted by atomic mass is 10.3. The first kappa shape index (κ1) is 9.73. The van der Waals surface area contributed by atoms with Crippen LogP contribution in [0.3, 0.4) is 0 Å². The number of halogens is 1. The van der Waals surface area contributed by atoms with E-state index in [0.717, 1.165) is 28.1 Å². The van der Waals surface area contributed by atoms with Crippen LogP contribution in [0.2, 0.25) is 0 Å². The number of fused-ring (bicyclic) bond motifs is 1. The summed E-state index contributed by atoms with van der Waals surface area (Å²) in [7, 11) is 0. The standard InChI is InChI=1S/C9H8BrN3S/c1-2-7-9(12-14)13-5-6(10)3-4-8(13)11-7/h3-5H,2H2,1H3. The average molecular weight is 270 g/mol. The number of hydrogen-bond acceptors (Lipinski definition) is 3. The molecule has 2 aromatic rings. The van der Waals surface area contributed by atoms with Crippen LogP contribution < -0.4 is 0 Å². The van der Waals surface area contributed by atoms with Gasteiger partial charge in [-0.05, 0) is 34.5 Å². The molecule has 2 rings (SSSR count). The second kappa shape index (κ2) is 3.74. The zero-order valence-electron chi connectivity index (χ0n) is 7.57. The molecule has 0 saturated heterocycles. The summed E-state index contributed by atoms with van der Waals surface area (Å²) in [5, 5.41) is 0. The summed E-state index contributed by atoms with van der Waals surface area (Å²) in [5.41, 5.74) is 1.83. The van der Waals surface area contributed by atoms with Gasteiger partial charge >= 0.3 is 0 Å². The van der Waals surface area contributed by atoms with Gasteiger partial charge in [-0.2, -0.15) is 4.36 Å². The Morgan fingerprint density at radius 2 is 2.36 bits per heavy atom. The van der Waals surface area contributed by atoms with E-state index in [1.165, 1.54) is 0 Å². The number of aromatic nitrogens is 2. The highest BCUT2D eigenvalue weighted by atomic mass is 79.9. The van der Waals surface area contributed by atoms with E-state index in [1.807, 2.05) is 29.7 Å². The quantitative estimate of drug-likeness (QED) is 0.839. The summed E-state index contributed by atoms with van der Waals surface area (Å²) < 4.78 is 6.72. The molecule has 0 atom stereocenters. The third-order valence-electron chi connectivity index (χ3n) is 2.05. The summed E-state index contributed by atoms with van der Waals surface area (Å²) in [6.07, 6.45) is 2.77. The Morgan fingerprint density at radius 3 is 3.00 bits per heavy atom. The predicted molar refractivity (Wildman–Crippen MR) is 61.7 cm³/mol. The second-order valence-corrected chi connectivity index (χ2v) is 4.00. The molecule has 0 aliphatic rings. The van der Waals surface area contributed by atoms with Crippen molar-refractivity contribution in [1.29, 1.82) is 0 Å². The van der Waals surface area contributed by atoms with Gasteiger partial charge in [0, 0.05) is 23.1 Å². The molecule has 2 heterocycles. The molecule has 0 aliphatic heterocycles. The van der Waals surface area contributed by atoms with Gasteiger partial charge in [0.15, 0.2) is 5.82 Å². The highest BCUT2D eigenvalue weighted by Gasteiger charge is 2.09. The largest absolute Gasteiger partial charge is 0.282 e. The minimum Gasteiger partial charge on any atom is -0.282 e. The fourth-order valence-corrected chi connectivity index (χ4v) is 1.92. The fourth-order valence-electron chi connectivity index (χ4n) is 1.39. The first-order valence-corrected chi connectivity index (χ1v) is 5.42. The summed E-state index contributed by atoms with van der Waals surface area (Å²) >= 11 is 8.15. The minimum atomic E-state index is 0.763. The van der Waals surface area contributed by atoms with Crippen molar-refractivity contribution in [2.24, 2.45) is 4.36 Å². The first-order chi connectivity index (χ1) is 6.76. The zero-order valence-corrected chi connectivity index (χ0v) is 9.97. The maximum atomic E-state index is 4.75. The van der Waals surface area contributed by atoms with Crippen molar-refractivity contribution in [3.8, 4) is 0 Å². The number of imidazole rings is 1. The van der Waals surface area contributed by atoms with E-state index in [-0.39, 0.29) is 0 Å². The van der Waals surface area contributed by atoms with Crippen LogP contribution in [0.15, 0.2) is 27.2 Å². The van der Waals surface area contributed by atoms with Crippen LogP contribution in [0.1, 0.15) is 12.6 Å². The lowest BCUT2D eigenvalue weighted by Gasteiger charge is -1.96. The van der Waals surface area contributed by atoms with Crippen LogP contribution in [0, 0.1) is 0 Å². The molecular weight excluding hydrogens is 262 g/mol. The first-order valence-electron chi connectivity index (χ1n) is 4.26. The molecule has 0 spiro atoms. The van der Waals surface area contributed by atoms with E-state index in [1.54, 1.807) is 0 Å². The van der Waals surface area contributed by atoms with Gasteiger partial charge < -0.3 is 0 Å². The van der Waals surface area contributed by atoms with Crippen LogP contribution in [0.4, 0.5) is 5.82 Å². The molecule has 0 bridgehead atoms. The maximum Gasteiger partial charge on any atom is 0.173 e. The zero-order chi connectivity index (χ0) is 10.1. The van der Waals surface area contributed by atoms with Gasteiger partial charge in [-0.1, -0.05) is 6.92 Å². The van der Waals surface area contributed by atoms with Crippen molar-refractivity contribution in [1.82, 2.24) is 9.38 Å². The van der Waals surface area contributed by atoms with Crippen LogP contribution in [-0.4, -0.2) is 9.38 Å². The minimum absolute atomic E-state index is 0.763. The lowest BCUT2D eigenvalue weighted by Crippen LogP contribution is -1.82. The predicted octanol–water partition coefficient (Wildman–Crippen LogP) is 3.02. The van der Waals surface area contributed by atoms with Crippen LogP contribution in [0.5, 0.6) is 0 Å². The Hall–Kier alpha value is -0.810. The molecule has 0 aromatic carbocycles. The maximum absolute atomic E-state index is 4.75. The molecule has 0 radical (unpaired) electrons. The summed E-state index contributed by atoms with van der Waals surface area (Å²) in [4.78, 5) is 4.42. The van der Waals surface area contributed by atoms with Gasteiger partial charge in [-0.25, -0.2) is 4.98 Å². The topological polar surface area (TPSA) is 29.7 Å². The summed E-state index contributed by atoms with van der Waals surface area (Å²) in [6, 6.07) is 3.89. The van der Waals surface area contributed by atoms with Gasteiger partial charge in [-0.15, -0.1) is 0 Å². The fraction of sp³-hybridized carbons (Fsp3) is 0.222. The van der Waals surface area contributed by atoms with Crippen LogP contribution >= 0.6 is 15.9 Å². The smallest absolute Gasteiger partial charge is 0.173 e. The van der Waals surface area contributed by atoms with Gasteiger partial charge in [-0.3, -0.25) is 4.40 Å². The highest BCUT2D eigenvalue weighted by molar-refractivity contribution is 9.10. The molecule has 0 fully saturated rings. The number of aryl methyl sites for hydroxylation is 1. The third-order valence-corrected chi connectivity index (χ3v) is 2.69. The molecule has 2 aromatic heterocycles. The van der Waals surface area contributed by atoms with Gasteiger partial charge in [0.25, 0.3) is 0 Å². The summed E-state index contributed by atoms with van der Waals surface area (Å²) in [6.45, 7) is 2.04. The van der Waals surface area contributed by atoms with Gasteiger partial charge in [0.1, 0.15) is 5.65 Å². The number of nitrogens with zero attached hydrogens (tertiary/aromatic N) is 3. The van der Waals surface area contributed by atoms with Crippen molar-refractivity contribution < 1.29 is 0 Å². The molecule has 0 amide bonds. The Morgan fingerprint density at radius 1 is 1.57 bits per heavy atom. The van der Waals surface area contributed by atoms with Crippen molar-refractivity contribution in [2.75, 3.05) is 0 Å². The molecule has 72 valence electrons. The highest BCUT2D eigenvalue weighted by Crippen LogP contribution is 2.23. The van der Waals surface area contributed by atoms with Gasteiger partial charge in [0.2, 0.25) is 0 Å². The molecule has 0 aliphatic carbocycles. The monoisotopic (exact) mass is 269 g/mol. The lowest BCUT2D eigenvalue weighted by molar-refractivity contribution is 1.06. The number of pyridine rings is 1. The molecule has 14 heavy (non-hydrogen) atoms. The van der Waals surface area contributed by atoms with Crippen LogP contribution in [0.25, 0.3) is 5.65 Å². The van der Waals surface area contributed by atoms with E-state index in [0.29, 0.717) is 0 Å². The van der Waals surface area contributed by atoms with Crippen molar-refractivity contribution in [3.63, 3.8) is 0 Å².